The average molecular weight is 304 g/mol. The van der Waals surface area contributed by atoms with E-state index in [1.807, 2.05) is 0 Å². The van der Waals surface area contributed by atoms with Gasteiger partial charge in [0.15, 0.2) is 0 Å². The highest BCUT2D eigenvalue weighted by atomic mass is 35.5. The smallest absolute Gasteiger partial charge is 0.147 e. The molecule has 0 aliphatic rings. The normalized spacial score (nSPS) is 12.3. The van der Waals surface area contributed by atoms with E-state index in [0.29, 0.717) is 27.7 Å². The Hall–Kier alpha value is -0.670. The van der Waals surface area contributed by atoms with Crippen LogP contribution in [0.1, 0.15) is 46.5 Å². The van der Waals surface area contributed by atoms with Crippen molar-refractivity contribution in [1.29, 1.82) is 0 Å². The zero-order valence-electron chi connectivity index (χ0n) is 11.9. The van der Waals surface area contributed by atoms with Gasteiger partial charge < -0.3 is 10.6 Å². The first-order chi connectivity index (χ1) is 9.08. The first-order valence-electron chi connectivity index (χ1n) is 6.94. The molecule has 0 aromatic carbocycles. The van der Waals surface area contributed by atoms with Crippen molar-refractivity contribution in [3.63, 3.8) is 0 Å². The third-order valence-corrected chi connectivity index (χ3v) is 3.42. The predicted molar refractivity (Wildman–Crippen MR) is 85.6 cm³/mol. The van der Waals surface area contributed by atoms with Crippen LogP contribution >= 0.6 is 23.2 Å². The Labute approximate surface area is 126 Å². The van der Waals surface area contributed by atoms with E-state index < -0.39 is 0 Å². The molecule has 108 valence electrons. The zero-order chi connectivity index (χ0) is 14.3. The highest BCUT2D eigenvalue weighted by Gasteiger charge is 2.11. The van der Waals surface area contributed by atoms with Crippen LogP contribution in [0.25, 0.3) is 0 Å². The van der Waals surface area contributed by atoms with Crippen molar-refractivity contribution in [2.75, 3.05) is 17.2 Å². The predicted octanol–water partition coefficient (Wildman–Crippen LogP) is 5.20. The summed E-state index contributed by atoms with van der Waals surface area (Å²) in [6.45, 7) is 7.27. The van der Waals surface area contributed by atoms with Crippen molar-refractivity contribution in [1.82, 2.24) is 4.98 Å². The highest BCUT2D eigenvalue weighted by Crippen LogP contribution is 2.29. The van der Waals surface area contributed by atoms with Crippen LogP contribution in [-0.4, -0.2) is 17.6 Å². The number of rotatable bonds is 8. The second kappa shape index (κ2) is 8.49. The molecule has 5 heteroatoms. The van der Waals surface area contributed by atoms with E-state index in [9.17, 15) is 0 Å². The maximum absolute atomic E-state index is 6.18. The van der Waals surface area contributed by atoms with Gasteiger partial charge in [-0.1, -0.05) is 49.9 Å². The molecule has 1 unspecified atom stereocenters. The molecule has 0 fully saturated rings. The van der Waals surface area contributed by atoms with Crippen LogP contribution in [0.4, 0.5) is 11.6 Å². The third kappa shape index (κ3) is 5.45. The van der Waals surface area contributed by atoms with Crippen molar-refractivity contribution < 1.29 is 0 Å². The van der Waals surface area contributed by atoms with Gasteiger partial charge in [-0.25, -0.2) is 4.98 Å². The summed E-state index contributed by atoms with van der Waals surface area (Å²) in [5.41, 5.74) is 0. The number of hydrogen-bond acceptors (Lipinski definition) is 3. The van der Waals surface area contributed by atoms with Gasteiger partial charge in [-0.15, -0.1) is 0 Å². The van der Waals surface area contributed by atoms with E-state index in [1.54, 1.807) is 6.07 Å². The Kier molecular flexibility index (Phi) is 7.32. The Bertz CT molecular complexity index is 397. The van der Waals surface area contributed by atoms with Crippen LogP contribution in [0, 0.1) is 0 Å². The van der Waals surface area contributed by atoms with Gasteiger partial charge in [0.2, 0.25) is 0 Å². The molecule has 3 nitrogen and oxygen atoms in total. The van der Waals surface area contributed by atoms with E-state index in [0.717, 1.165) is 19.4 Å². The lowest BCUT2D eigenvalue weighted by Crippen LogP contribution is -2.17. The summed E-state index contributed by atoms with van der Waals surface area (Å²) in [6.07, 6.45) is 4.52. The molecular weight excluding hydrogens is 281 g/mol. The number of aromatic nitrogens is 1. The number of halogens is 2. The van der Waals surface area contributed by atoms with Crippen molar-refractivity contribution in [3.05, 3.63) is 16.1 Å². The maximum Gasteiger partial charge on any atom is 0.147 e. The van der Waals surface area contributed by atoms with Crippen LogP contribution in [0.15, 0.2) is 6.07 Å². The van der Waals surface area contributed by atoms with Gasteiger partial charge in [0.25, 0.3) is 0 Å². The Balaban J connectivity index is 2.76. The molecule has 0 radical (unpaired) electrons. The average Bonchev–Trinajstić information content (AvgIpc) is 2.38. The fraction of sp³-hybridized carbons (Fsp3) is 0.643. The molecule has 1 aromatic heterocycles. The SMILES string of the molecule is CCCCC(C)Nc1nc(NCCC)c(Cl)cc1Cl. The highest BCUT2D eigenvalue weighted by molar-refractivity contribution is 6.37. The van der Waals surface area contributed by atoms with E-state index in [2.05, 4.69) is 36.4 Å². The molecule has 19 heavy (non-hydrogen) atoms. The van der Waals surface area contributed by atoms with E-state index >= 15 is 0 Å². The van der Waals surface area contributed by atoms with Crippen LogP contribution in [0.5, 0.6) is 0 Å². The summed E-state index contributed by atoms with van der Waals surface area (Å²) in [6, 6.07) is 2.09. The topological polar surface area (TPSA) is 37.0 Å². The quantitative estimate of drug-likeness (QED) is 0.693. The minimum atomic E-state index is 0.352. The molecule has 0 aliphatic heterocycles. The first-order valence-corrected chi connectivity index (χ1v) is 7.70. The summed E-state index contributed by atoms with van der Waals surface area (Å²) in [7, 11) is 0. The van der Waals surface area contributed by atoms with Crippen molar-refractivity contribution >= 4 is 34.8 Å². The largest absolute Gasteiger partial charge is 0.369 e. The standard InChI is InChI=1S/C14H23Cl2N3/c1-4-6-7-10(3)18-14-12(16)9-11(15)13(19-14)17-8-5-2/h9-10H,4-8H2,1-3H3,(H2,17,18,19). The lowest BCUT2D eigenvalue weighted by molar-refractivity contribution is 0.643. The van der Waals surface area contributed by atoms with Crippen LogP contribution in [0.3, 0.4) is 0 Å². The number of pyridine rings is 1. The van der Waals surface area contributed by atoms with Crippen molar-refractivity contribution in [2.24, 2.45) is 0 Å². The summed E-state index contributed by atoms with van der Waals surface area (Å²) in [5.74, 6) is 1.39. The molecular formula is C14H23Cl2N3. The number of unbranched alkanes of at least 4 members (excludes halogenated alkanes) is 1. The van der Waals surface area contributed by atoms with Gasteiger partial charge in [-0.05, 0) is 25.8 Å². The fourth-order valence-electron chi connectivity index (χ4n) is 1.75. The third-order valence-electron chi connectivity index (χ3n) is 2.85. The summed E-state index contributed by atoms with van der Waals surface area (Å²) in [5, 5.41) is 7.68. The van der Waals surface area contributed by atoms with Gasteiger partial charge >= 0.3 is 0 Å². The van der Waals surface area contributed by atoms with Crippen LogP contribution in [0.2, 0.25) is 10.0 Å². The fourth-order valence-corrected chi connectivity index (χ4v) is 2.23. The lowest BCUT2D eigenvalue weighted by Gasteiger charge is -2.17. The van der Waals surface area contributed by atoms with Crippen molar-refractivity contribution in [3.8, 4) is 0 Å². The van der Waals surface area contributed by atoms with Gasteiger partial charge in [-0.3, -0.25) is 0 Å². The summed E-state index contributed by atoms with van der Waals surface area (Å²) in [4.78, 5) is 4.47. The molecule has 0 saturated carbocycles. The number of hydrogen-bond donors (Lipinski definition) is 2. The Morgan fingerprint density at radius 3 is 2.47 bits per heavy atom. The molecule has 0 amide bonds. The molecule has 0 bridgehead atoms. The second-order valence-corrected chi connectivity index (χ2v) is 5.58. The summed E-state index contributed by atoms with van der Waals surface area (Å²) >= 11 is 12.3. The Morgan fingerprint density at radius 2 is 1.84 bits per heavy atom. The van der Waals surface area contributed by atoms with E-state index in [-0.39, 0.29) is 0 Å². The zero-order valence-corrected chi connectivity index (χ0v) is 13.4. The first kappa shape index (κ1) is 16.4. The van der Waals surface area contributed by atoms with Gasteiger partial charge in [-0.2, -0.15) is 0 Å². The lowest BCUT2D eigenvalue weighted by atomic mass is 10.1. The van der Waals surface area contributed by atoms with Gasteiger partial charge in [0, 0.05) is 12.6 Å². The van der Waals surface area contributed by atoms with Gasteiger partial charge in [0.05, 0.1) is 10.0 Å². The molecule has 1 aromatic rings. The number of nitrogens with zero attached hydrogens (tertiary/aromatic N) is 1. The molecule has 1 rings (SSSR count). The minimum absolute atomic E-state index is 0.352. The second-order valence-electron chi connectivity index (χ2n) is 4.76. The maximum atomic E-state index is 6.18. The minimum Gasteiger partial charge on any atom is -0.369 e. The molecule has 1 heterocycles. The van der Waals surface area contributed by atoms with Crippen LogP contribution in [-0.2, 0) is 0 Å². The van der Waals surface area contributed by atoms with Crippen LogP contribution < -0.4 is 10.6 Å². The molecule has 2 N–H and O–H groups in total. The molecule has 0 spiro atoms. The van der Waals surface area contributed by atoms with E-state index in [1.165, 1.54) is 12.8 Å². The summed E-state index contributed by atoms with van der Waals surface area (Å²) < 4.78 is 0. The number of anilines is 2. The van der Waals surface area contributed by atoms with E-state index in [4.69, 9.17) is 23.2 Å². The van der Waals surface area contributed by atoms with Gasteiger partial charge in [0.1, 0.15) is 11.6 Å². The Morgan fingerprint density at radius 1 is 1.16 bits per heavy atom. The molecule has 0 saturated heterocycles. The monoisotopic (exact) mass is 303 g/mol. The number of nitrogens with one attached hydrogen (secondary N) is 2. The molecule has 0 aliphatic carbocycles. The molecule has 1 atom stereocenters. The van der Waals surface area contributed by atoms with Crippen molar-refractivity contribution in [2.45, 2.75) is 52.5 Å².